The zero-order valence-corrected chi connectivity index (χ0v) is 16.0. The van der Waals surface area contributed by atoms with Crippen molar-refractivity contribution in [3.63, 3.8) is 0 Å². The largest absolute Gasteiger partial charge is 0.395 e. The summed E-state index contributed by atoms with van der Waals surface area (Å²) < 4.78 is 2.25. The first-order valence-electron chi connectivity index (χ1n) is 8.72. The van der Waals surface area contributed by atoms with Crippen LogP contribution in [0.2, 0.25) is 10.0 Å². The van der Waals surface area contributed by atoms with Crippen LogP contribution in [-0.4, -0.2) is 35.9 Å². The quantitative estimate of drug-likeness (QED) is 0.487. The lowest BCUT2D eigenvalue weighted by Gasteiger charge is -2.07. The van der Waals surface area contributed by atoms with E-state index in [2.05, 4.69) is 45.7 Å². The molecule has 4 nitrogen and oxygen atoms in total. The minimum absolute atomic E-state index is 0.169. The average Bonchev–Trinajstić information content (AvgIpc) is 2.99. The van der Waals surface area contributed by atoms with Crippen LogP contribution < -0.4 is 10.6 Å². The first-order valence-corrected chi connectivity index (χ1v) is 9.47. The number of nitrogens with zero attached hydrogens (tertiary/aromatic N) is 1. The molecule has 26 heavy (non-hydrogen) atoms. The molecule has 3 rings (SSSR count). The van der Waals surface area contributed by atoms with Crippen molar-refractivity contribution in [2.75, 3.05) is 26.2 Å². The smallest absolute Gasteiger partial charge is 0.0595 e. The predicted molar refractivity (Wildman–Crippen MR) is 109 cm³/mol. The average molecular weight is 392 g/mol. The number of aromatic nitrogens is 1. The summed E-state index contributed by atoms with van der Waals surface area (Å²) in [4.78, 5) is 0. The summed E-state index contributed by atoms with van der Waals surface area (Å²) >= 11 is 12.2. The van der Waals surface area contributed by atoms with E-state index in [0.717, 1.165) is 31.7 Å². The fourth-order valence-corrected chi connectivity index (χ4v) is 3.35. The van der Waals surface area contributed by atoms with E-state index in [9.17, 15) is 0 Å². The molecule has 3 aromatic rings. The van der Waals surface area contributed by atoms with E-state index in [1.54, 1.807) is 0 Å². The topological polar surface area (TPSA) is 49.2 Å². The summed E-state index contributed by atoms with van der Waals surface area (Å²) in [5.41, 5.74) is 3.59. The predicted octanol–water partition coefficient (Wildman–Crippen LogP) is 3.67. The van der Waals surface area contributed by atoms with Crippen LogP contribution in [0.5, 0.6) is 0 Å². The third-order valence-corrected chi connectivity index (χ3v) is 5.03. The molecule has 0 saturated carbocycles. The minimum Gasteiger partial charge on any atom is -0.395 e. The monoisotopic (exact) mass is 391 g/mol. The third-order valence-electron chi connectivity index (χ3n) is 4.29. The Morgan fingerprint density at radius 1 is 0.923 bits per heavy atom. The maximum absolute atomic E-state index is 8.77. The van der Waals surface area contributed by atoms with Gasteiger partial charge in [-0.25, -0.2) is 0 Å². The van der Waals surface area contributed by atoms with Crippen molar-refractivity contribution >= 4 is 34.1 Å². The lowest BCUT2D eigenvalue weighted by molar-refractivity contribution is 0.292. The van der Waals surface area contributed by atoms with E-state index < -0.39 is 0 Å². The Kier molecular flexibility index (Phi) is 6.94. The highest BCUT2D eigenvalue weighted by Crippen LogP contribution is 2.25. The molecule has 6 heteroatoms. The van der Waals surface area contributed by atoms with Gasteiger partial charge in [0.1, 0.15) is 0 Å². The first-order chi connectivity index (χ1) is 12.7. The third kappa shape index (κ3) is 4.78. The second-order valence-corrected chi connectivity index (χ2v) is 7.01. The molecule has 0 aliphatic carbocycles. The van der Waals surface area contributed by atoms with Crippen molar-refractivity contribution in [2.24, 2.45) is 0 Å². The number of para-hydroxylation sites is 1. The summed E-state index contributed by atoms with van der Waals surface area (Å²) in [5, 5.41) is 17.8. The zero-order valence-electron chi connectivity index (χ0n) is 14.5. The molecule has 0 bridgehead atoms. The maximum Gasteiger partial charge on any atom is 0.0595 e. The van der Waals surface area contributed by atoms with Crippen LogP contribution in [0, 0.1) is 0 Å². The van der Waals surface area contributed by atoms with Gasteiger partial charge in [-0.1, -0.05) is 47.5 Å². The molecule has 0 spiro atoms. The molecule has 0 saturated heterocycles. The van der Waals surface area contributed by atoms with Crippen molar-refractivity contribution in [3.05, 3.63) is 69.8 Å². The van der Waals surface area contributed by atoms with Gasteiger partial charge in [0.05, 0.1) is 16.7 Å². The van der Waals surface area contributed by atoms with Crippen LogP contribution in [-0.2, 0) is 13.1 Å². The van der Waals surface area contributed by atoms with E-state index >= 15 is 0 Å². The number of aliphatic hydroxyl groups excluding tert-OH is 1. The van der Waals surface area contributed by atoms with Gasteiger partial charge in [0.15, 0.2) is 0 Å². The van der Waals surface area contributed by atoms with Crippen molar-refractivity contribution in [3.8, 4) is 0 Å². The molecule has 0 amide bonds. The SMILES string of the molecule is OCCNCCNCc1cn(Cc2ccc(Cl)c(Cl)c2)c2ccccc12. The van der Waals surface area contributed by atoms with Crippen molar-refractivity contribution < 1.29 is 5.11 Å². The number of rotatable bonds is 9. The Labute approximate surface area is 163 Å². The Morgan fingerprint density at radius 3 is 2.54 bits per heavy atom. The standard InChI is InChI=1S/C20H23Cl2N3O/c21-18-6-5-15(11-19(18)22)13-25-14-16(12-24-8-7-23-9-10-26)17-3-1-2-4-20(17)25/h1-6,11,14,23-24,26H,7-10,12-13H2. The van der Waals surface area contributed by atoms with Gasteiger partial charge < -0.3 is 20.3 Å². The molecule has 0 unspecified atom stereocenters. The minimum atomic E-state index is 0.169. The van der Waals surface area contributed by atoms with Gasteiger partial charge in [0.25, 0.3) is 0 Å². The highest BCUT2D eigenvalue weighted by Gasteiger charge is 2.09. The molecule has 0 radical (unpaired) electrons. The Morgan fingerprint density at radius 2 is 1.73 bits per heavy atom. The molecular weight excluding hydrogens is 369 g/mol. The van der Waals surface area contributed by atoms with Crippen molar-refractivity contribution in [2.45, 2.75) is 13.1 Å². The lowest BCUT2D eigenvalue weighted by atomic mass is 10.2. The Balaban J connectivity index is 1.73. The Hall–Kier alpha value is -1.56. The van der Waals surface area contributed by atoms with Crippen LogP contribution in [0.1, 0.15) is 11.1 Å². The Bertz CT molecular complexity index is 863. The summed E-state index contributed by atoms with van der Waals surface area (Å²) in [6, 6.07) is 14.2. The molecule has 1 aromatic heterocycles. The summed E-state index contributed by atoms with van der Waals surface area (Å²) in [7, 11) is 0. The van der Waals surface area contributed by atoms with Crippen molar-refractivity contribution in [1.29, 1.82) is 0 Å². The maximum atomic E-state index is 8.77. The van der Waals surface area contributed by atoms with Crippen LogP contribution in [0.4, 0.5) is 0 Å². The van der Waals surface area contributed by atoms with Gasteiger partial charge in [-0.15, -0.1) is 0 Å². The van der Waals surface area contributed by atoms with Gasteiger partial charge in [-0.05, 0) is 29.3 Å². The van der Waals surface area contributed by atoms with Gasteiger partial charge >= 0.3 is 0 Å². The van der Waals surface area contributed by atoms with E-state index in [1.165, 1.54) is 16.5 Å². The molecule has 138 valence electrons. The highest BCUT2D eigenvalue weighted by atomic mass is 35.5. The van der Waals surface area contributed by atoms with Crippen LogP contribution in [0.25, 0.3) is 10.9 Å². The number of hydrogen-bond acceptors (Lipinski definition) is 3. The number of halogens is 2. The molecular formula is C20H23Cl2N3O. The summed E-state index contributed by atoms with van der Waals surface area (Å²) in [6.07, 6.45) is 2.20. The van der Waals surface area contributed by atoms with Gasteiger partial charge in [0, 0.05) is 49.8 Å². The van der Waals surface area contributed by atoms with Gasteiger partial charge in [-0.3, -0.25) is 0 Å². The van der Waals surface area contributed by atoms with Crippen LogP contribution >= 0.6 is 23.2 Å². The lowest BCUT2D eigenvalue weighted by Crippen LogP contribution is -2.28. The molecule has 1 heterocycles. The van der Waals surface area contributed by atoms with E-state index in [1.807, 2.05) is 18.2 Å². The highest BCUT2D eigenvalue weighted by molar-refractivity contribution is 6.42. The molecule has 0 aliphatic rings. The first kappa shape index (κ1) is 19.2. The molecule has 2 aromatic carbocycles. The van der Waals surface area contributed by atoms with Crippen LogP contribution in [0.3, 0.4) is 0 Å². The van der Waals surface area contributed by atoms with E-state index in [0.29, 0.717) is 16.6 Å². The molecule has 3 N–H and O–H groups in total. The number of nitrogens with one attached hydrogen (secondary N) is 2. The van der Waals surface area contributed by atoms with E-state index in [-0.39, 0.29) is 6.61 Å². The zero-order chi connectivity index (χ0) is 18.4. The normalized spacial score (nSPS) is 11.3. The number of fused-ring (bicyclic) bond motifs is 1. The number of hydrogen-bond donors (Lipinski definition) is 3. The van der Waals surface area contributed by atoms with Gasteiger partial charge in [-0.2, -0.15) is 0 Å². The van der Waals surface area contributed by atoms with Crippen molar-refractivity contribution in [1.82, 2.24) is 15.2 Å². The summed E-state index contributed by atoms with van der Waals surface area (Å²) in [5.74, 6) is 0. The molecule has 0 atom stereocenters. The molecule has 0 aliphatic heterocycles. The second kappa shape index (κ2) is 9.40. The van der Waals surface area contributed by atoms with E-state index in [4.69, 9.17) is 28.3 Å². The van der Waals surface area contributed by atoms with Gasteiger partial charge in [0.2, 0.25) is 0 Å². The fourth-order valence-electron chi connectivity index (χ4n) is 3.03. The second-order valence-electron chi connectivity index (χ2n) is 6.20. The number of aliphatic hydroxyl groups is 1. The number of benzene rings is 2. The fraction of sp³-hybridized carbons (Fsp3) is 0.300. The summed E-state index contributed by atoms with van der Waals surface area (Å²) in [6.45, 7) is 4.03. The van der Waals surface area contributed by atoms with Crippen LogP contribution in [0.15, 0.2) is 48.7 Å². The molecule has 0 fully saturated rings.